The number of carbonyl (C=O) groups is 1. The Kier molecular flexibility index (Phi) is 4.19. The zero-order valence-electron chi connectivity index (χ0n) is 16.7. The molecule has 0 saturated heterocycles. The molecule has 7 nitrogen and oxygen atoms in total. The SMILES string of the molecule is COc1ccc2cc(C(=O)C(C)(C)C)n3c(=O)n(-c4ccccc4)c(=O)n3c2c1. The third-order valence-corrected chi connectivity index (χ3v) is 4.86. The van der Waals surface area contributed by atoms with E-state index in [9.17, 15) is 14.4 Å². The fourth-order valence-electron chi connectivity index (χ4n) is 3.37. The van der Waals surface area contributed by atoms with Gasteiger partial charge in [-0.25, -0.2) is 14.2 Å². The summed E-state index contributed by atoms with van der Waals surface area (Å²) in [6.45, 7) is 5.34. The van der Waals surface area contributed by atoms with Crippen molar-refractivity contribution in [1.29, 1.82) is 0 Å². The van der Waals surface area contributed by atoms with Gasteiger partial charge >= 0.3 is 11.4 Å². The second kappa shape index (κ2) is 6.48. The minimum Gasteiger partial charge on any atom is -0.497 e. The Labute approximate surface area is 166 Å². The van der Waals surface area contributed by atoms with Gasteiger partial charge < -0.3 is 4.74 Å². The van der Waals surface area contributed by atoms with Gasteiger partial charge in [-0.3, -0.25) is 4.79 Å². The van der Waals surface area contributed by atoms with Gasteiger partial charge in [0, 0.05) is 16.9 Å². The quantitative estimate of drug-likeness (QED) is 0.503. The maximum atomic E-state index is 13.3. The summed E-state index contributed by atoms with van der Waals surface area (Å²) < 4.78 is 8.76. The molecule has 2 heterocycles. The smallest absolute Gasteiger partial charge is 0.357 e. The van der Waals surface area contributed by atoms with Crippen molar-refractivity contribution in [3.63, 3.8) is 0 Å². The number of benzene rings is 2. The van der Waals surface area contributed by atoms with Crippen molar-refractivity contribution in [3.8, 4) is 11.4 Å². The number of hydrogen-bond donors (Lipinski definition) is 0. The molecular weight excluding hydrogens is 370 g/mol. The summed E-state index contributed by atoms with van der Waals surface area (Å²) in [4.78, 5) is 39.8. The van der Waals surface area contributed by atoms with Crippen LogP contribution in [-0.2, 0) is 0 Å². The minimum absolute atomic E-state index is 0.159. The first kappa shape index (κ1) is 18.7. The molecule has 0 aliphatic carbocycles. The number of rotatable bonds is 3. The van der Waals surface area contributed by atoms with Gasteiger partial charge in [-0.05, 0) is 30.3 Å². The monoisotopic (exact) mass is 391 g/mol. The topological polar surface area (TPSA) is 74.2 Å². The number of methoxy groups -OCH3 is 1. The Morgan fingerprint density at radius 3 is 2.17 bits per heavy atom. The maximum absolute atomic E-state index is 13.3. The number of ether oxygens (including phenoxy) is 1. The van der Waals surface area contributed by atoms with Gasteiger partial charge in [-0.1, -0.05) is 39.0 Å². The van der Waals surface area contributed by atoms with E-state index >= 15 is 0 Å². The highest BCUT2D eigenvalue weighted by molar-refractivity contribution is 6.00. The molecule has 0 bridgehead atoms. The number of carbonyl (C=O) groups excluding carboxylic acids is 1. The Morgan fingerprint density at radius 2 is 1.55 bits per heavy atom. The van der Waals surface area contributed by atoms with E-state index in [1.165, 1.54) is 11.6 Å². The fraction of sp³-hybridized carbons (Fsp3) is 0.227. The van der Waals surface area contributed by atoms with Crippen LogP contribution in [-0.4, -0.2) is 26.5 Å². The Bertz CT molecular complexity index is 1370. The summed E-state index contributed by atoms with van der Waals surface area (Å²) in [5, 5.41) is 0.658. The number of Topliss-reactive ketones (excluding diaryl/α,β-unsaturated/α-hetero) is 1. The van der Waals surface area contributed by atoms with Crippen molar-refractivity contribution >= 4 is 16.7 Å². The van der Waals surface area contributed by atoms with Crippen molar-refractivity contribution < 1.29 is 9.53 Å². The molecule has 2 aromatic heterocycles. The van der Waals surface area contributed by atoms with Gasteiger partial charge in [0.15, 0.2) is 5.78 Å². The van der Waals surface area contributed by atoms with E-state index < -0.39 is 16.8 Å². The van der Waals surface area contributed by atoms with E-state index in [1.54, 1.807) is 75.4 Å². The molecule has 0 fully saturated rings. The van der Waals surface area contributed by atoms with Crippen LogP contribution in [0.4, 0.5) is 0 Å². The fourth-order valence-corrected chi connectivity index (χ4v) is 3.37. The molecule has 0 unspecified atom stereocenters. The summed E-state index contributed by atoms with van der Waals surface area (Å²) in [6.07, 6.45) is 0. The molecule has 4 aromatic rings. The summed E-state index contributed by atoms with van der Waals surface area (Å²) in [5.74, 6) is 0.307. The first-order chi connectivity index (χ1) is 13.7. The average molecular weight is 391 g/mol. The summed E-state index contributed by atoms with van der Waals surface area (Å²) in [7, 11) is 1.53. The summed E-state index contributed by atoms with van der Waals surface area (Å²) in [5.41, 5.74) is -0.811. The predicted molar refractivity (Wildman–Crippen MR) is 111 cm³/mol. The molecule has 0 aliphatic heterocycles. The average Bonchev–Trinajstić information content (AvgIpc) is 2.97. The van der Waals surface area contributed by atoms with Gasteiger partial charge in [-0.15, -0.1) is 0 Å². The number of para-hydroxylation sites is 1. The number of nitrogens with zero attached hydrogens (tertiary/aromatic N) is 3. The zero-order valence-corrected chi connectivity index (χ0v) is 16.7. The molecule has 29 heavy (non-hydrogen) atoms. The van der Waals surface area contributed by atoms with Crippen molar-refractivity contribution in [2.45, 2.75) is 20.8 Å². The van der Waals surface area contributed by atoms with E-state index in [0.29, 0.717) is 22.3 Å². The van der Waals surface area contributed by atoms with Crippen LogP contribution in [0.3, 0.4) is 0 Å². The second-order valence-electron chi connectivity index (χ2n) is 7.89. The van der Waals surface area contributed by atoms with Crippen molar-refractivity contribution in [1.82, 2.24) is 13.6 Å². The molecule has 7 heteroatoms. The van der Waals surface area contributed by atoms with Crippen LogP contribution in [0.2, 0.25) is 0 Å². The van der Waals surface area contributed by atoms with Gasteiger partial charge in [0.25, 0.3) is 0 Å². The molecule has 2 aromatic carbocycles. The molecule has 0 N–H and O–H groups in total. The maximum Gasteiger partial charge on any atom is 0.357 e. The third kappa shape index (κ3) is 2.86. The largest absolute Gasteiger partial charge is 0.497 e. The normalized spacial score (nSPS) is 11.9. The van der Waals surface area contributed by atoms with E-state index in [1.807, 2.05) is 0 Å². The number of fused-ring (bicyclic) bond motifs is 3. The molecule has 0 spiro atoms. The molecule has 0 radical (unpaired) electrons. The lowest BCUT2D eigenvalue weighted by Gasteiger charge is -2.18. The highest BCUT2D eigenvalue weighted by Gasteiger charge is 2.28. The van der Waals surface area contributed by atoms with Crippen LogP contribution in [0.25, 0.3) is 16.6 Å². The van der Waals surface area contributed by atoms with E-state index in [0.717, 1.165) is 9.08 Å². The van der Waals surface area contributed by atoms with Gasteiger partial charge in [-0.2, -0.15) is 9.03 Å². The molecule has 0 aliphatic rings. The third-order valence-electron chi connectivity index (χ3n) is 4.86. The van der Waals surface area contributed by atoms with Crippen LogP contribution in [0.15, 0.2) is 64.2 Å². The molecule has 4 rings (SSSR count). The van der Waals surface area contributed by atoms with Crippen LogP contribution in [0.1, 0.15) is 31.3 Å². The van der Waals surface area contributed by atoms with Gasteiger partial charge in [0.2, 0.25) is 0 Å². The lowest BCUT2D eigenvalue weighted by atomic mass is 9.88. The van der Waals surface area contributed by atoms with E-state index in [-0.39, 0.29) is 11.5 Å². The van der Waals surface area contributed by atoms with Crippen molar-refractivity contribution in [2.75, 3.05) is 7.11 Å². The first-order valence-electron chi connectivity index (χ1n) is 9.22. The standard InChI is InChI=1S/C22H21N3O4/c1-22(2,3)19(26)18-12-14-10-11-16(29-4)13-17(14)24-20(27)23(21(28)25(18)24)15-8-6-5-7-9-15/h5-13H,1-4H3. The van der Waals surface area contributed by atoms with Crippen LogP contribution >= 0.6 is 0 Å². The molecule has 0 saturated carbocycles. The molecule has 0 atom stereocenters. The Balaban J connectivity index is 2.24. The van der Waals surface area contributed by atoms with Crippen LogP contribution in [0.5, 0.6) is 5.75 Å². The van der Waals surface area contributed by atoms with Crippen molar-refractivity contribution in [2.24, 2.45) is 5.41 Å². The highest BCUT2D eigenvalue weighted by Crippen LogP contribution is 2.25. The molecule has 148 valence electrons. The zero-order chi connectivity index (χ0) is 20.9. The Hall–Kier alpha value is -3.61. The van der Waals surface area contributed by atoms with Crippen molar-refractivity contribution in [3.05, 3.63) is 81.3 Å². The Morgan fingerprint density at radius 1 is 0.897 bits per heavy atom. The minimum atomic E-state index is -0.731. The molecule has 0 amide bonds. The predicted octanol–water partition coefficient (Wildman–Crippen LogP) is 2.94. The number of hydrogen-bond acceptors (Lipinski definition) is 4. The lowest BCUT2D eigenvalue weighted by Crippen LogP contribution is -2.29. The summed E-state index contributed by atoms with van der Waals surface area (Å²) in [6, 6.07) is 15.5. The second-order valence-corrected chi connectivity index (χ2v) is 7.89. The number of aromatic nitrogens is 3. The van der Waals surface area contributed by atoms with E-state index in [2.05, 4.69) is 0 Å². The van der Waals surface area contributed by atoms with Crippen LogP contribution < -0.4 is 16.1 Å². The van der Waals surface area contributed by atoms with Gasteiger partial charge in [0.05, 0.1) is 18.3 Å². The van der Waals surface area contributed by atoms with Crippen LogP contribution in [0, 0.1) is 5.41 Å². The van der Waals surface area contributed by atoms with Gasteiger partial charge in [0.1, 0.15) is 11.4 Å². The summed E-state index contributed by atoms with van der Waals surface area (Å²) >= 11 is 0. The lowest BCUT2D eigenvalue weighted by molar-refractivity contribution is 0.0849. The van der Waals surface area contributed by atoms with E-state index in [4.69, 9.17) is 4.74 Å². The molecular formula is C22H21N3O4. The highest BCUT2D eigenvalue weighted by atomic mass is 16.5. The number of ketones is 1. The first-order valence-corrected chi connectivity index (χ1v) is 9.22.